The van der Waals surface area contributed by atoms with E-state index in [1.54, 1.807) is 0 Å². The Kier molecular flexibility index (Phi) is 2.29. The molecule has 0 aliphatic carbocycles. The minimum Gasteiger partial charge on any atom is -0.303 e. The largest absolute Gasteiger partial charge is 0.303 e. The van der Waals surface area contributed by atoms with Crippen molar-refractivity contribution in [3.63, 3.8) is 0 Å². The fraction of sp³-hybridized carbons (Fsp3) is 0.250. The Labute approximate surface area is 36.2 Å². The van der Waals surface area contributed by atoms with Crippen LogP contribution in [-0.4, -0.2) is 12.6 Å². The third-order valence-electron chi connectivity index (χ3n) is 0.350. The zero-order chi connectivity index (χ0) is 4.99. The lowest BCUT2D eigenvalue weighted by Gasteiger charge is -1.78. The second-order valence-corrected chi connectivity index (χ2v) is 0.936. The molecule has 0 spiro atoms. The van der Waals surface area contributed by atoms with Crippen molar-refractivity contribution >= 4 is 12.6 Å². The second-order valence-electron chi connectivity index (χ2n) is 0.936. The van der Waals surface area contributed by atoms with Gasteiger partial charge in [0.2, 0.25) is 0 Å². The van der Waals surface area contributed by atoms with Crippen LogP contribution in [0.3, 0.4) is 0 Å². The van der Waals surface area contributed by atoms with Gasteiger partial charge in [0, 0.05) is 0 Å². The molecule has 2 heteroatoms. The standard InChI is InChI=1S/C4H5O2/c1-4(2-5)3-6/h2-4H,1H2. The Balaban J connectivity index is 3.21. The summed E-state index contributed by atoms with van der Waals surface area (Å²) in [5.74, 6) is -0.676. The van der Waals surface area contributed by atoms with Crippen LogP contribution in [0.1, 0.15) is 0 Å². The fourth-order valence-corrected chi connectivity index (χ4v) is 0.0321. The highest BCUT2D eigenvalue weighted by atomic mass is 16.1. The summed E-state index contributed by atoms with van der Waals surface area (Å²) in [7, 11) is 0. The van der Waals surface area contributed by atoms with Gasteiger partial charge in [-0.3, -0.25) is 0 Å². The van der Waals surface area contributed by atoms with Crippen LogP contribution in [0.4, 0.5) is 0 Å². The van der Waals surface area contributed by atoms with Crippen LogP contribution in [0.2, 0.25) is 0 Å². The SMILES string of the molecule is [CH2]C(C=O)C=O. The molecular formula is C4H5O2. The van der Waals surface area contributed by atoms with Gasteiger partial charge < -0.3 is 9.59 Å². The van der Waals surface area contributed by atoms with Crippen LogP contribution in [-0.2, 0) is 9.59 Å². The minimum absolute atomic E-state index is 0.493. The van der Waals surface area contributed by atoms with Crippen molar-refractivity contribution in [3.05, 3.63) is 6.92 Å². The third kappa shape index (κ3) is 1.64. The molecule has 0 fully saturated rings. The molecule has 0 aromatic rings. The van der Waals surface area contributed by atoms with Crippen LogP contribution in [0, 0.1) is 12.8 Å². The molecule has 0 N–H and O–H groups in total. The number of hydrogen-bond donors (Lipinski definition) is 0. The van der Waals surface area contributed by atoms with E-state index >= 15 is 0 Å². The second kappa shape index (κ2) is 2.57. The molecule has 0 bridgehead atoms. The first kappa shape index (κ1) is 5.34. The fourth-order valence-electron chi connectivity index (χ4n) is 0.0321. The smallest absolute Gasteiger partial charge is 0.130 e. The molecule has 2 nitrogen and oxygen atoms in total. The maximum Gasteiger partial charge on any atom is 0.130 e. The van der Waals surface area contributed by atoms with Gasteiger partial charge in [0.1, 0.15) is 12.6 Å². The van der Waals surface area contributed by atoms with Crippen molar-refractivity contribution in [3.8, 4) is 0 Å². The Morgan fingerprint density at radius 1 is 1.33 bits per heavy atom. The monoisotopic (exact) mass is 85.0 g/mol. The summed E-state index contributed by atoms with van der Waals surface area (Å²) in [6.45, 7) is 3.14. The zero-order valence-electron chi connectivity index (χ0n) is 3.26. The van der Waals surface area contributed by atoms with Crippen molar-refractivity contribution < 1.29 is 9.59 Å². The van der Waals surface area contributed by atoms with Crippen LogP contribution in [0.25, 0.3) is 0 Å². The summed E-state index contributed by atoms with van der Waals surface area (Å²) < 4.78 is 0. The normalized spacial score (nSPS) is 8.33. The number of rotatable bonds is 2. The van der Waals surface area contributed by atoms with Gasteiger partial charge in [0.05, 0.1) is 5.92 Å². The molecular weight excluding hydrogens is 80.0 g/mol. The van der Waals surface area contributed by atoms with Crippen molar-refractivity contribution in [2.24, 2.45) is 5.92 Å². The van der Waals surface area contributed by atoms with E-state index in [-0.39, 0.29) is 0 Å². The first-order valence-corrected chi connectivity index (χ1v) is 1.55. The zero-order valence-corrected chi connectivity index (χ0v) is 3.26. The molecule has 0 aliphatic rings. The average Bonchev–Trinajstić information content (AvgIpc) is 1.65. The summed E-state index contributed by atoms with van der Waals surface area (Å²) in [6, 6.07) is 0. The lowest BCUT2D eigenvalue weighted by atomic mass is 10.3. The lowest BCUT2D eigenvalue weighted by Crippen LogP contribution is -1.94. The maximum absolute atomic E-state index is 9.44. The lowest BCUT2D eigenvalue weighted by molar-refractivity contribution is -0.117. The number of carbonyl (C=O) groups is 2. The molecule has 0 aliphatic heterocycles. The quantitative estimate of drug-likeness (QED) is 0.344. The molecule has 0 rings (SSSR count). The summed E-state index contributed by atoms with van der Waals surface area (Å²) in [5, 5.41) is 0. The van der Waals surface area contributed by atoms with Crippen molar-refractivity contribution in [2.75, 3.05) is 0 Å². The van der Waals surface area contributed by atoms with E-state index in [0.717, 1.165) is 0 Å². The Bertz CT molecular complexity index is 50.6. The van der Waals surface area contributed by atoms with Crippen molar-refractivity contribution in [1.82, 2.24) is 0 Å². The van der Waals surface area contributed by atoms with Gasteiger partial charge in [-0.1, -0.05) is 0 Å². The topological polar surface area (TPSA) is 34.1 Å². The molecule has 0 unspecified atom stereocenters. The van der Waals surface area contributed by atoms with E-state index in [0.29, 0.717) is 12.6 Å². The molecule has 6 heavy (non-hydrogen) atoms. The van der Waals surface area contributed by atoms with Crippen molar-refractivity contribution in [2.45, 2.75) is 0 Å². The molecule has 0 aromatic heterocycles. The predicted octanol–water partition coefficient (Wildman–Crippen LogP) is -0.166. The highest BCUT2D eigenvalue weighted by molar-refractivity contribution is 5.77. The van der Waals surface area contributed by atoms with E-state index in [1.807, 2.05) is 0 Å². The summed E-state index contributed by atoms with van der Waals surface area (Å²) in [6.07, 6.45) is 0.986. The van der Waals surface area contributed by atoms with Gasteiger partial charge in [-0.25, -0.2) is 0 Å². The number of carbonyl (C=O) groups excluding carboxylic acids is 2. The summed E-state index contributed by atoms with van der Waals surface area (Å²) in [4.78, 5) is 18.9. The number of aldehydes is 2. The molecule has 0 saturated heterocycles. The predicted molar refractivity (Wildman–Crippen MR) is 21.0 cm³/mol. The van der Waals surface area contributed by atoms with Crippen LogP contribution < -0.4 is 0 Å². The Morgan fingerprint density at radius 3 is 1.67 bits per heavy atom. The van der Waals surface area contributed by atoms with E-state index < -0.39 is 5.92 Å². The highest BCUT2D eigenvalue weighted by Crippen LogP contribution is 1.74. The first-order valence-electron chi connectivity index (χ1n) is 1.55. The maximum atomic E-state index is 9.44. The first-order chi connectivity index (χ1) is 2.81. The van der Waals surface area contributed by atoms with Gasteiger partial charge in [-0.2, -0.15) is 0 Å². The van der Waals surface area contributed by atoms with Gasteiger partial charge in [-0.05, 0) is 6.92 Å². The van der Waals surface area contributed by atoms with Crippen LogP contribution in [0.5, 0.6) is 0 Å². The molecule has 0 aromatic carbocycles. The molecule has 1 radical (unpaired) electrons. The van der Waals surface area contributed by atoms with Gasteiger partial charge in [-0.15, -0.1) is 0 Å². The Morgan fingerprint density at radius 2 is 1.67 bits per heavy atom. The molecule has 0 heterocycles. The van der Waals surface area contributed by atoms with E-state index in [9.17, 15) is 9.59 Å². The number of hydrogen-bond acceptors (Lipinski definition) is 2. The van der Waals surface area contributed by atoms with Gasteiger partial charge in [0.25, 0.3) is 0 Å². The van der Waals surface area contributed by atoms with E-state index in [2.05, 4.69) is 6.92 Å². The van der Waals surface area contributed by atoms with Crippen LogP contribution >= 0.6 is 0 Å². The van der Waals surface area contributed by atoms with E-state index in [1.165, 1.54) is 0 Å². The molecule has 0 saturated carbocycles. The molecule has 33 valence electrons. The van der Waals surface area contributed by atoms with Gasteiger partial charge >= 0.3 is 0 Å². The van der Waals surface area contributed by atoms with Crippen molar-refractivity contribution in [1.29, 1.82) is 0 Å². The molecule has 0 atom stereocenters. The molecule has 0 amide bonds. The van der Waals surface area contributed by atoms with E-state index in [4.69, 9.17) is 0 Å². The average molecular weight is 85.1 g/mol. The summed E-state index contributed by atoms with van der Waals surface area (Å²) in [5.41, 5.74) is 0. The summed E-state index contributed by atoms with van der Waals surface area (Å²) >= 11 is 0. The minimum atomic E-state index is -0.676. The Hall–Kier alpha value is -0.660. The third-order valence-corrected chi connectivity index (χ3v) is 0.350. The van der Waals surface area contributed by atoms with Gasteiger partial charge in [0.15, 0.2) is 0 Å². The highest BCUT2D eigenvalue weighted by Gasteiger charge is 1.89. The van der Waals surface area contributed by atoms with Crippen LogP contribution in [0.15, 0.2) is 0 Å².